The normalized spacial score (nSPS) is 15.3. The summed E-state index contributed by atoms with van der Waals surface area (Å²) in [4.78, 5) is 27.3. The Labute approximate surface area is 131 Å². The lowest BCUT2D eigenvalue weighted by atomic mass is 9.86. The highest BCUT2D eigenvalue weighted by Gasteiger charge is 2.13. The lowest BCUT2D eigenvalue weighted by Gasteiger charge is -2.21. The van der Waals surface area contributed by atoms with Crippen molar-refractivity contribution in [2.24, 2.45) is 5.92 Å². The Morgan fingerprint density at radius 1 is 1.27 bits per heavy atom. The zero-order valence-corrected chi connectivity index (χ0v) is 13.1. The monoisotopic (exact) mass is 304 g/mol. The van der Waals surface area contributed by atoms with Gasteiger partial charge in [-0.2, -0.15) is 0 Å². The third-order valence-electron chi connectivity index (χ3n) is 4.22. The molecule has 0 aromatic carbocycles. The van der Waals surface area contributed by atoms with Gasteiger partial charge in [-0.15, -0.1) is 0 Å². The summed E-state index contributed by atoms with van der Waals surface area (Å²) >= 11 is 0. The number of carbonyl (C=O) groups excluding carboxylic acids is 2. The summed E-state index contributed by atoms with van der Waals surface area (Å²) in [7, 11) is 1.31. The first-order valence-corrected chi connectivity index (χ1v) is 8.03. The van der Waals surface area contributed by atoms with E-state index in [4.69, 9.17) is 0 Å². The van der Waals surface area contributed by atoms with E-state index >= 15 is 0 Å². The predicted molar refractivity (Wildman–Crippen MR) is 83.7 cm³/mol. The lowest BCUT2D eigenvalue weighted by molar-refractivity contribution is 0.0599. The molecular weight excluding hydrogens is 280 g/mol. The van der Waals surface area contributed by atoms with Crippen LogP contribution in [0.3, 0.4) is 0 Å². The van der Waals surface area contributed by atoms with Gasteiger partial charge in [0.2, 0.25) is 0 Å². The van der Waals surface area contributed by atoms with Crippen molar-refractivity contribution in [3.05, 3.63) is 29.6 Å². The molecule has 0 aliphatic heterocycles. The standard InChI is InChI=1S/C17H24N2O3/c1-22-17(21)14-9-10-15(19-12-14)16(20)18-11-5-8-13-6-3-2-4-7-13/h9-10,12-13H,2-8,11H2,1H3,(H,18,20). The Kier molecular flexibility index (Phi) is 6.37. The van der Waals surface area contributed by atoms with Gasteiger partial charge in [-0.1, -0.05) is 32.1 Å². The zero-order valence-electron chi connectivity index (χ0n) is 13.1. The van der Waals surface area contributed by atoms with E-state index in [9.17, 15) is 9.59 Å². The van der Waals surface area contributed by atoms with Crippen molar-refractivity contribution in [1.82, 2.24) is 10.3 Å². The van der Waals surface area contributed by atoms with Crippen molar-refractivity contribution in [2.75, 3.05) is 13.7 Å². The number of methoxy groups -OCH3 is 1. The third kappa shape index (κ3) is 4.83. The summed E-state index contributed by atoms with van der Waals surface area (Å²) < 4.78 is 4.59. The van der Waals surface area contributed by atoms with Crippen molar-refractivity contribution in [3.63, 3.8) is 0 Å². The zero-order chi connectivity index (χ0) is 15.8. The van der Waals surface area contributed by atoms with E-state index in [2.05, 4.69) is 15.0 Å². The fourth-order valence-electron chi connectivity index (χ4n) is 2.93. The van der Waals surface area contributed by atoms with E-state index in [-0.39, 0.29) is 5.91 Å². The van der Waals surface area contributed by atoms with Crippen LogP contribution in [-0.2, 0) is 4.74 Å². The number of nitrogens with zero attached hydrogens (tertiary/aromatic N) is 1. The molecule has 0 bridgehead atoms. The molecular formula is C17H24N2O3. The molecule has 1 aromatic rings. The second-order valence-corrected chi connectivity index (χ2v) is 5.83. The summed E-state index contributed by atoms with van der Waals surface area (Å²) in [6, 6.07) is 3.10. The van der Waals surface area contributed by atoms with Gasteiger partial charge in [0.15, 0.2) is 0 Å². The highest BCUT2D eigenvalue weighted by Crippen LogP contribution is 2.26. The molecule has 1 aliphatic rings. The first-order valence-electron chi connectivity index (χ1n) is 8.03. The quantitative estimate of drug-likeness (QED) is 0.648. The van der Waals surface area contributed by atoms with Gasteiger partial charge in [0.05, 0.1) is 12.7 Å². The number of hydrogen-bond donors (Lipinski definition) is 1. The number of nitrogens with one attached hydrogen (secondary N) is 1. The first kappa shape index (κ1) is 16.5. The van der Waals surface area contributed by atoms with Crippen molar-refractivity contribution >= 4 is 11.9 Å². The largest absolute Gasteiger partial charge is 0.465 e. The number of carbonyl (C=O) groups is 2. The number of ether oxygens (including phenoxy) is 1. The van der Waals surface area contributed by atoms with Crippen molar-refractivity contribution in [3.8, 4) is 0 Å². The average Bonchev–Trinajstić information content (AvgIpc) is 2.59. The van der Waals surface area contributed by atoms with E-state index < -0.39 is 5.97 Å². The van der Waals surface area contributed by atoms with Crippen LogP contribution in [0.4, 0.5) is 0 Å². The molecule has 120 valence electrons. The molecule has 1 aliphatic carbocycles. The van der Waals surface area contributed by atoms with Crippen molar-refractivity contribution in [1.29, 1.82) is 0 Å². The summed E-state index contributed by atoms with van der Waals surface area (Å²) in [5, 5.41) is 2.88. The predicted octanol–water partition coefficient (Wildman–Crippen LogP) is 2.96. The van der Waals surface area contributed by atoms with Crippen LogP contribution < -0.4 is 5.32 Å². The maximum atomic E-state index is 12.0. The molecule has 0 saturated heterocycles. The summed E-state index contributed by atoms with van der Waals surface area (Å²) in [5.41, 5.74) is 0.668. The minimum atomic E-state index is -0.452. The van der Waals surface area contributed by atoms with Crippen LogP contribution >= 0.6 is 0 Å². The number of hydrogen-bond acceptors (Lipinski definition) is 4. The molecule has 0 unspecified atom stereocenters. The molecule has 5 nitrogen and oxygen atoms in total. The highest BCUT2D eigenvalue weighted by atomic mass is 16.5. The Morgan fingerprint density at radius 2 is 2.05 bits per heavy atom. The highest BCUT2D eigenvalue weighted by molar-refractivity contribution is 5.94. The SMILES string of the molecule is COC(=O)c1ccc(C(=O)NCCCC2CCCCC2)nc1. The van der Waals surface area contributed by atoms with Gasteiger partial charge >= 0.3 is 5.97 Å². The fourth-order valence-corrected chi connectivity index (χ4v) is 2.93. The second-order valence-electron chi connectivity index (χ2n) is 5.83. The van der Waals surface area contributed by atoms with Crippen molar-refractivity contribution < 1.29 is 14.3 Å². The van der Waals surface area contributed by atoms with Gasteiger partial charge < -0.3 is 10.1 Å². The lowest BCUT2D eigenvalue weighted by Crippen LogP contribution is -2.26. The van der Waals surface area contributed by atoms with E-state index in [0.717, 1.165) is 12.3 Å². The molecule has 0 spiro atoms. The Balaban J connectivity index is 1.71. The maximum absolute atomic E-state index is 12.0. The molecule has 1 heterocycles. The molecule has 1 fully saturated rings. The summed E-state index contributed by atoms with van der Waals surface area (Å²) in [6.07, 6.45) is 10.3. The number of amides is 1. The van der Waals surface area contributed by atoms with E-state index in [1.807, 2.05) is 0 Å². The second kappa shape index (κ2) is 8.51. The van der Waals surface area contributed by atoms with Gasteiger partial charge in [-0.3, -0.25) is 9.78 Å². The molecule has 22 heavy (non-hydrogen) atoms. The van der Waals surface area contributed by atoms with Crippen LogP contribution in [0.15, 0.2) is 18.3 Å². The van der Waals surface area contributed by atoms with Crippen LogP contribution in [0.25, 0.3) is 0 Å². The van der Waals surface area contributed by atoms with Crippen LogP contribution in [-0.4, -0.2) is 30.5 Å². The topological polar surface area (TPSA) is 68.3 Å². The Morgan fingerprint density at radius 3 is 2.68 bits per heavy atom. The summed E-state index contributed by atoms with van der Waals surface area (Å²) in [6.45, 7) is 0.676. The van der Waals surface area contributed by atoms with E-state index in [1.165, 1.54) is 51.8 Å². The van der Waals surface area contributed by atoms with Gasteiger partial charge in [-0.05, 0) is 30.9 Å². The minimum Gasteiger partial charge on any atom is -0.465 e. The van der Waals surface area contributed by atoms with Gasteiger partial charge in [-0.25, -0.2) is 4.79 Å². The molecule has 1 aromatic heterocycles. The minimum absolute atomic E-state index is 0.194. The number of aromatic nitrogens is 1. The number of esters is 1. The van der Waals surface area contributed by atoms with Gasteiger partial charge in [0.1, 0.15) is 5.69 Å². The van der Waals surface area contributed by atoms with Gasteiger partial charge in [0, 0.05) is 12.7 Å². The van der Waals surface area contributed by atoms with E-state index in [1.54, 1.807) is 12.1 Å². The molecule has 1 amide bonds. The number of pyridine rings is 1. The van der Waals surface area contributed by atoms with Crippen molar-refractivity contribution in [2.45, 2.75) is 44.9 Å². The fraction of sp³-hybridized carbons (Fsp3) is 0.588. The van der Waals surface area contributed by atoms with E-state index in [0.29, 0.717) is 17.8 Å². The molecule has 0 radical (unpaired) electrons. The molecule has 1 N–H and O–H groups in total. The molecule has 1 saturated carbocycles. The van der Waals surface area contributed by atoms with Gasteiger partial charge in [0.25, 0.3) is 5.91 Å². The van der Waals surface area contributed by atoms with Crippen LogP contribution in [0.1, 0.15) is 65.8 Å². The van der Waals surface area contributed by atoms with Crippen LogP contribution in [0, 0.1) is 5.92 Å². The smallest absolute Gasteiger partial charge is 0.339 e. The number of rotatable bonds is 6. The maximum Gasteiger partial charge on any atom is 0.339 e. The third-order valence-corrected chi connectivity index (χ3v) is 4.22. The van der Waals surface area contributed by atoms with Crippen LogP contribution in [0.5, 0.6) is 0 Å². The summed E-state index contributed by atoms with van der Waals surface area (Å²) in [5.74, 6) is 0.190. The Bertz CT molecular complexity index is 493. The molecule has 2 rings (SSSR count). The molecule has 0 atom stereocenters. The van der Waals surface area contributed by atoms with Crippen LogP contribution in [0.2, 0.25) is 0 Å². The molecule has 5 heteroatoms. The Hall–Kier alpha value is -1.91. The average molecular weight is 304 g/mol. The first-order chi connectivity index (χ1) is 10.7.